The minimum Gasteiger partial charge on any atom is -0.508 e. The predicted molar refractivity (Wildman–Crippen MR) is 75.5 cm³/mol. The Bertz CT molecular complexity index is 465. The molecule has 0 saturated carbocycles. The molecule has 1 aromatic carbocycles. The second-order valence-corrected chi connectivity index (χ2v) is 5.31. The highest BCUT2D eigenvalue weighted by Crippen LogP contribution is 2.25. The normalized spacial score (nSPS) is 20.1. The number of rotatable bonds is 2. The predicted octanol–water partition coefficient (Wildman–Crippen LogP) is 2.39. The number of carbonyl (C=O) groups excluding carboxylic acids is 1. The first-order valence-electron chi connectivity index (χ1n) is 6.63. The van der Waals surface area contributed by atoms with Gasteiger partial charge in [0, 0.05) is 19.1 Å². The summed E-state index contributed by atoms with van der Waals surface area (Å²) in [5.41, 5.74) is 6.12. The number of likely N-dealkylation sites (tertiary alicyclic amines) is 1. The molecule has 4 nitrogen and oxygen atoms in total. The molecule has 1 saturated heterocycles. The number of aromatic hydroxyl groups is 1. The maximum atomic E-state index is 12.6. The number of amides is 1. The Hall–Kier alpha value is -1.26. The average Bonchev–Trinajstić information content (AvgIpc) is 2.65. The van der Waals surface area contributed by atoms with Crippen LogP contribution in [-0.2, 0) is 0 Å². The Morgan fingerprint density at radius 3 is 2.95 bits per heavy atom. The van der Waals surface area contributed by atoms with Crippen molar-refractivity contribution < 1.29 is 9.90 Å². The molecule has 2 rings (SSSR count). The molecule has 1 aliphatic rings. The minimum atomic E-state index is -0.141. The van der Waals surface area contributed by atoms with Gasteiger partial charge in [0.2, 0.25) is 0 Å². The van der Waals surface area contributed by atoms with E-state index in [1.165, 1.54) is 12.1 Å². The van der Waals surface area contributed by atoms with Crippen molar-refractivity contribution in [3.05, 3.63) is 28.8 Å². The van der Waals surface area contributed by atoms with Gasteiger partial charge in [-0.05, 0) is 31.0 Å². The zero-order chi connectivity index (χ0) is 13.8. The lowest BCUT2D eigenvalue weighted by molar-refractivity contribution is 0.0689. The third-order valence-electron chi connectivity index (χ3n) is 3.59. The molecule has 1 heterocycles. The third-order valence-corrected chi connectivity index (χ3v) is 3.92. The molecule has 0 aromatic heterocycles. The minimum absolute atomic E-state index is 0.0480. The monoisotopic (exact) mass is 282 g/mol. The van der Waals surface area contributed by atoms with Gasteiger partial charge < -0.3 is 15.7 Å². The highest BCUT2D eigenvalue weighted by atomic mass is 35.5. The van der Waals surface area contributed by atoms with Crippen LogP contribution in [0.4, 0.5) is 0 Å². The smallest absolute Gasteiger partial charge is 0.255 e. The van der Waals surface area contributed by atoms with Gasteiger partial charge in [-0.2, -0.15) is 0 Å². The van der Waals surface area contributed by atoms with Crippen molar-refractivity contribution in [1.29, 1.82) is 0 Å². The quantitative estimate of drug-likeness (QED) is 0.875. The van der Waals surface area contributed by atoms with Crippen LogP contribution in [0.15, 0.2) is 18.2 Å². The van der Waals surface area contributed by atoms with Crippen LogP contribution in [0.5, 0.6) is 5.75 Å². The van der Waals surface area contributed by atoms with Crippen molar-refractivity contribution in [3.8, 4) is 5.75 Å². The summed E-state index contributed by atoms with van der Waals surface area (Å²) in [5.74, 6) is -0.0925. The van der Waals surface area contributed by atoms with Crippen LogP contribution >= 0.6 is 11.6 Å². The lowest BCUT2D eigenvalue weighted by atomic mass is 10.1. The zero-order valence-electron chi connectivity index (χ0n) is 10.8. The molecule has 1 aromatic rings. The van der Waals surface area contributed by atoms with E-state index in [0.717, 1.165) is 25.7 Å². The fourth-order valence-electron chi connectivity index (χ4n) is 2.52. The maximum Gasteiger partial charge on any atom is 0.255 e. The molecule has 0 radical (unpaired) electrons. The first kappa shape index (κ1) is 14.2. The summed E-state index contributed by atoms with van der Waals surface area (Å²) in [4.78, 5) is 14.4. The Labute approximate surface area is 118 Å². The molecule has 0 spiro atoms. The second kappa shape index (κ2) is 6.26. The lowest BCUT2D eigenvalue weighted by Gasteiger charge is -2.29. The van der Waals surface area contributed by atoms with Crippen LogP contribution in [0.25, 0.3) is 0 Å². The zero-order valence-corrected chi connectivity index (χ0v) is 11.6. The first-order valence-corrected chi connectivity index (χ1v) is 7.01. The molecule has 5 heteroatoms. The molecule has 1 unspecified atom stereocenters. The number of phenolic OH excluding ortho intramolecular Hbond substituents is 1. The molecule has 1 fully saturated rings. The molecule has 104 valence electrons. The van der Waals surface area contributed by atoms with E-state index in [1.807, 2.05) is 0 Å². The van der Waals surface area contributed by atoms with Crippen molar-refractivity contribution >= 4 is 17.5 Å². The Morgan fingerprint density at radius 2 is 2.21 bits per heavy atom. The summed E-state index contributed by atoms with van der Waals surface area (Å²) >= 11 is 6.05. The van der Waals surface area contributed by atoms with Gasteiger partial charge in [-0.1, -0.05) is 24.4 Å². The molecule has 19 heavy (non-hydrogen) atoms. The summed E-state index contributed by atoms with van der Waals surface area (Å²) in [6, 6.07) is 4.50. The largest absolute Gasteiger partial charge is 0.508 e. The van der Waals surface area contributed by atoms with Gasteiger partial charge in [0.15, 0.2) is 0 Å². The van der Waals surface area contributed by atoms with Crippen molar-refractivity contribution in [2.75, 3.05) is 13.1 Å². The summed E-state index contributed by atoms with van der Waals surface area (Å²) in [6.07, 6.45) is 4.13. The standard InChI is InChI=1S/C14H19ClN2O2/c15-13-6-5-11(18)8-12(13)14(19)17-7-3-1-2-4-10(17)9-16/h5-6,8,10,18H,1-4,7,9,16H2. The average molecular weight is 283 g/mol. The number of benzene rings is 1. The second-order valence-electron chi connectivity index (χ2n) is 4.90. The fourth-order valence-corrected chi connectivity index (χ4v) is 2.72. The fraction of sp³-hybridized carbons (Fsp3) is 0.500. The first-order chi connectivity index (χ1) is 9.13. The van der Waals surface area contributed by atoms with Gasteiger partial charge in [0.05, 0.1) is 10.6 Å². The molecule has 1 amide bonds. The molecule has 1 aliphatic heterocycles. The van der Waals surface area contributed by atoms with Crippen molar-refractivity contribution in [1.82, 2.24) is 4.90 Å². The van der Waals surface area contributed by atoms with Gasteiger partial charge in [0.1, 0.15) is 5.75 Å². The van der Waals surface area contributed by atoms with E-state index < -0.39 is 0 Å². The summed E-state index contributed by atoms with van der Waals surface area (Å²) in [7, 11) is 0. The molecule has 0 bridgehead atoms. The summed E-state index contributed by atoms with van der Waals surface area (Å²) in [6.45, 7) is 1.16. The number of hydrogen-bond acceptors (Lipinski definition) is 3. The van der Waals surface area contributed by atoms with E-state index in [2.05, 4.69) is 0 Å². The van der Waals surface area contributed by atoms with E-state index in [0.29, 0.717) is 23.7 Å². The van der Waals surface area contributed by atoms with Gasteiger partial charge >= 0.3 is 0 Å². The number of nitrogens with two attached hydrogens (primary N) is 1. The molecule has 1 atom stereocenters. The van der Waals surface area contributed by atoms with Crippen LogP contribution in [-0.4, -0.2) is 35.0 Å². The highest BCUT2D eigenvalue weighted by molar-refractivity contribution is 6.33. The van der Waals surface area contributed by atoms with Crippen LogP contribution in [0.1, 0.15) is 36.0 Å². The lowest BCUT2D eigenvalue weighted by Crippen LogP contribution is -2.44. The van der Waals surface area contributed by atoms with E-state index in [1.54, 1.807) is 11.0 Å². The van der Waals surface area contributed by atoms with Crippen LogP contribution in [0.3, 0.4) is 0 Å². The van der Waals surface area contributed by atoms with Crippen molar-refractivity contribution in [2.45, 2.75) is 31.7 Å². The third kappa shape index (κ3) is 3.19. The number of hydrogen-bond donors (Lipinski definition) is 2. The topological polar surface area (TPSA) is 66.6 Å². The molecule has 0 aliphatic carbocycles. The van der Waals surface area contributed by atoms with E-state index in [4.69, 9.17) is 17.3 Å². The Morgan fingerprint density at radius 1 is 1.42 bits per heavy atom. The summed E-state index contributed by atoms with van der Waals surface area (Å²) in [5, 5.41) is 9.87. The van der Waals surface area contributed by atoms with Gasteiger partial charge in [-0.15, -0.1) is 0 Å². The van der Waals surface area contributed by atoms with Crippen molar-refractivity contribution in [3.63, 3.8) is 0 Å². The molecular weight excluding hydrogens is 264 g/mol. The van der Waals surface area contributed by atoms with Crippen LogP contribution < -0.4 is 5.73 Å². The Balaban J connectivity index is 2.27. The van der Waals surface area contributed by atoms with Crippen LogP contribution in [0.2, 0.25) is 5.02 Å². The highest BCUT2D eigenvalue weighted by Gasteiger charge is 2.26. The Kier molecular flexibility index (Phi) is 4.66. The van der Waals surface area contributed by atoms with Gasteiger partial charge in [-0.3, -0.25) is 4.79 Å². The van der Waals surface area contributed by atoms with Gasteiger partial charge in [-0.25, -0.2) is 0 Å². The van der Waals surface area contributed by atoms with Gasteiger partial charge in [0.25, 0.3) is 5.91 Å². The van der Waals surface area contributed by atoms with E-state index in [9.17, 15) is 9.90 Å². The SMILES string of the molecule is NCC1CCCCCN1C(=O)c1cc(O)ccc1Cl. The maximum absolute atomic E-state index is 12.6. The molecular formula is C14H19ClN2O2. The van der Waals surface area contributed by atoms with Crippen LogP contribution in [0, 0.1) is 0 Å². The number of phenols is 1. The summed E-state index contributed by atoms with van der Waals surface area (Å²) < 4.78 is 0. The van der Waals surface area contributed by atoms with E-state index >= 15 is 0 Å². The van der Waals surface area contributed by atoms with E-state index in [-0.39, 0.29) is 17.7 Å². The van der Waals surface area contributed by atoms with Crippen molar-refractivity contribution in [2.24, 2.45) is 5.73 Å². The number of halogens is 1. The number of nitrogens with zero attached hydrogens (tertiary/aromatic N) is 1. The number of carbonyl (C=O) groups is 1. The molecule has 3 N–H and O–H groups in total.